The molecule has 0 aliphatic carbocycles. The first-order valence-electron chi connectivity index (χ1n) is 6.41. The molecule has 2 unspecified atom stereocenters. The topological polar surface area (TPSA) is 64.4 Å². The van der Waals surface area contributed by atoms with E-state index in [2.05, 4.69) is 12.2 Å². The van der Waals surface area contributed by atoms with Crippen molar-refractivity contribution in [3.63, 3.8) is 0 Å². The summed E-state index contributed by atoms with van der Waals surface area (Å²) in [6.07, 6.45) is 2.21. The smallest absolute Gasteiger partial charge is 0.293 e. The van der Waals surface area contributed by atoms with Crippen LogP contribution in [0.1, 0.15) is 19.8 Å². The van der Waals surface area contributed by atoms with Crippen LogP contribution in [0.2, 0.25) is 5.02 Å². The Labute approximate surface area is 117 Å². The molecule has 104 valence electrons. The number of nitrogens with one attached hydrogen (secondary N) is 1. The van der Waals surface area contributed by atoms with Gasteiger partial charge >= 0.3 is 0 Å². The van der Waals surface area contributed by atoms with Crippen molar-refractivity contribution in [2.45, 2.75) is 25.9 Å². The molecule has 0 aromatic heterocycles. The molecule has 1 aromatic carbocycles. The van der Waals surface area contributed by atoms with Gasteiger partial charge in [-0.1, -0.05) is 18.5 Å². The molecule has 5 nitrogen and oxygen atoms in total. The minimum Gasteiger partial charge on any atom is -0.379 e. The molecule has 1 aromatic rings. The second kappa shape index (κ2) is 6.21. The van der Waals surface area contributed by atoms with Gasteiger partial charge < -0.3 is 10.1 Å². The second-order valence-electron chi connectivity index (χ2n) is 4.67. The highest BCUT2D eigenvalue weighted by Gasteiger charge is 2.27. The Morgan fingerprint density at radius 2 is 2.37 bits per heavy atom. The first kappa shape index (κ1) is 14.1. The van der Waals surface area contributed by atoms with Gasteiger partial charge in [-0.15, -0.1) is 0 Å². The maximum atomic E-state index is 11.0. The van der Waals surface area contributed by atoms with Crippen molar-refractivity contribution < 1.29 is 9.66 Å². The third kappa shape index (κ3) is 3.36. The summed E-state index contributed by atoms with van der Waals surface area (Å²) in [5.41, 5.74) is 0.524. The van der Waals surface area contributed by atoms with Gasteiger partial charge in [0.1, 0.15) is 5.69 Å². The lowest BCUT2D eigenvalue weighted by Crippen LogP contribution is -2.23. The standard InChI is InChI=1S/C13H17ClN2O3/c1-2-13-9(5-6-19-13)8-15-11-4-3-10(14)7-12(11)16(17)18/h3-4,7,9,13,15H,2,5-6,8H2,1H3. The van der Waals surface area contributed by atoms with E-state index >= 15 is 0 Å². The van der Waals surface area contributed by atoms with Crippen molar-refractivity contribution in [1.82, 2.24) is 0 Å². The van der Waals surface area contributed by atoms with Crippen LogP contribution in [-0.4, -0.2) is 24.2 Å². The fourth-order valence-corrected chi connectivity index (χ4v) is 2.59. The quantitative estimate of drug-likeness (QED) is 0.664. The Hall–Kier alpha value is -1.33. The van der Waals surface area contributed by atoms with Crippen LogP contribution in [0, 0.1) is 16.0 Å². The van der Waals surface area contributed by atoms with Crippen LogP contribution in [0.3, 0.4) is 0 Å². The normalized spacial score (nSPS) is 22.4. The van der Waals surface area contributed by atoms with E-state index in [1.807, 2.05) is 0 Å². The SMILES string of the molecule is CCC1OCCC1CNc1ccc(Cl)cc1[N+](=O)[O-]. The van der Waals surface area contributed by atoms with Crippen molar-refractivity contribution in [2.24, 2.45) is 5.92 Å². The number of anilines is 1. The van der Waals surface area contributed by atoms with Gasteiger partial charge in [0.05, 0.1) is 11.0 Å². The van der Waals surface area contributed by atoms with Crippen LogP contribution in [-0.2, 0) is 4.74 Å². The predicted molar refractivity (Wildman–Crippen MR) is 74.7 cm³/mol. The number of nitrogens with zero attached hydrogens (tertiary/aromatic N) is 1. The largest absolute Gasteiger partial charge is 0.379 e. The minimum absolute atomic E-state index is 0.0134. The van der Waals surface area contributed by atoms with E-state index in [-0.39, 0.29) is 11.8 Å². The van der Waals surface area contributed by atoms with E-state index in [1.54, 1.807) is 12.1 Å². The van der Waals surface area contributed by atoms with E-state index in [0.717, 1.165) is 19.4 Å². The van der Waals surface area contributed by atoms with Crippen molar-refractivity contribution in [1.29, 1.82) is 0 Å². The maximum absolute atomic E-state index is 11.0. The van der Waals surface area contributed by atoms with E-state index in [9.17, 15) is 10.1 Å². The highest BCUT2D eigenvalue weighted by Crippen LogP contribution is 2.29. The van der Waals surface area contributed by atoms with Gasteiger partial charge in [0, 0.05) is 30.2 Å². The molecule has 2 rings (SSSR count). The van der Waals surface area contributed by atoms with Crippen LogP contribution in [0.5, 0.6) is 0 Å². The summed E-state index contributed by atoms with van der Waals surface area (Å²) in [6.45, 7) is 3.54. The fraction of sp³-hybridized carbons (Fsp3) is 0.538. The number of ether oxygens (including phenoxy) is 1. The van der Waals surface area contributed by atoms with Crippen LogP contribution in [0.15, 0.2) is 18.2 Å². The first-order chi connectivity index (χ1) is 9.11. The highest BCUT2D eigenvalue weighted by atomic mass is 35.5. The average molecular weight is 285 g/mol. The lowest BCUT2D eigenvalue weighted by molar-refractivity contribution is -0.383. The molecular formula is C13H17ClN2O3. The molecule has 0 amide bonds. The Morgan fingerprint density at radius 1 is 1.58 bits per heavy atom. The first-order valence-corrected chi connectivity index (χ1v) is 6.79. The van der Waals surface area contributed by atoms with Gasteiger partial charge in [-0.25, -0.2) is 0 Å². The summed E-state index contributed by atoms with van der Waals surface area (Å²) in [6, 6.07) is 4.67. The molecule has 0 radical (unpaired) electrons. The number of halogens is 1. The molecule has 1 N–H and O–H groups in total. The monoisotopic (exact) mass is 284 g/mol. The van der Waals surface area contributed by atoms with E-state index in [4.69, 9.17) is 16.3 Å². The Kier molecular flexibility index (Phi) is 4.61. The van der Waals surface area contributed by atoms with Gasteiger partial charge in [0.25, 0.3) is 5.69 Å². The summed E-state index contributed by atoms with van der Waals surface area (Å²) in [5, 5.41) is 14.5. The zero-order valence-corrected chi connectivity index (χ0v) is 11.5. The summed E-state index contributed by atoms with van der Waals surface area (Å²) in [7, 11) is 0. The number of rotatable bonds is 5. The number of hydrogen-bond acceptors (Lipinski definition) is 4. The van der Waals surface area contributed by atoms with E-state index in [1.165, 1.54) is 6.07 Å². The molecule has 6 heteroatoms. The van der Waals surface area contributed by atoms with Crippen molar-refractivity contribution in [3.05, 3.63) is 33.3 Å². The molecule has 1 fully saturated rings. The van der Waals surface area contributed by atoms with Gasteiger partial charge in [-0.05, 0) is 25.0 Å². The summed E-state index contributed by atoms with van der Waals surface area (Å²) in [4.78, 5) is 10.6. The molecule has 1 heterocycles. The number of nitro groups is 1. The van der Waals surface area contributed by atoms with Crippen LogP contribution in [0.4, 0.5) is 11.4 Å². The third-order valence-corrected chi connectivity index (χ3v) is 3.69. The van der Waals surface area contributed by atoms with Gasteiger partial charge in [0.15, 0.2) is 0 Å². The Balaban J connectivity index is 2.05. The van der Waals surface area contributed by atoms with Gasteiger partial charge in [0.2, 0.25) is 0 Å². The highest BCUT2D eigenvalue weighted by molar-refractivity contribution is 6.30. The molecule has 1 aliphatic rings. The zero-order chi connectivity index (χ0) is 13.8. The molecule has 0 saturated carbocycles. The lowest BCUT2D eigenvalue weighted by atomic mass is 9.99. The molecule has 19 heavy (non-hydrogen) atoms. The third-order valence-electron chi connectivity index (χ3n) is 3.46. The Morgan fingerprint density at radius 3 is 3.05 bits per heavy atom. The van der Waals surface area contributed by atoms with E-state index in [0.29, 0.717) is 23.2 Å². The average Bonchev–Trinajstić information content (AvgIpc) is 2.84. The molecule has 0 bridgehead atoms. The van der Waals surface area contributed by atoms with Crippen molar-refractivity contribution in [2.75, 3.05) is 18.5 Å². The minimum atomic E-state index is -0.420. The second-order valence-corrected chi connectivity index (χ2v) is 5.10. The van der Waals surface area contributed by atoms with Gasteiger partial charge in [-0.3, -0.25) is 10.1 Å². The lowest BCUT2D eigenvalue weighted by Gasteiger charge is -2.17. The van der Waals surface area contributed by atoms with Crippen LogP contribution in [0.25, 0.3) is 0 Å². The molecule has 1 saturated heterocycles. The van der Waals surface area contributed by atoms with Gasteiger partial charge in [-0.2, -0.15) is 0 Å². The molecule has 0 spiro atoms. The van der Waals surface area contributed by atoms with Crippen molar-refractivity contribution >= 4 is 23.0 Å². The number of benzene rings is 1. The zero-order valence-electron chi connectivity index (χ0n) is 10.8. The fourth-order valence-electron chi connectivity index (χ4n) is 2.42. The van der Waals surface area contributed by atoms with E-state index < -0.39 is 4.92 Å². The summed E-state index contributed by atoms with van der Waals surface area (Å²) < 4.78 is 5.60. The summed E-state index contributed by atoms with van der Waals surface area (Å²) in [5.74, 6) is 0.403. The number of hydrogen-bond donors (Lipinski definition) is 1. The van der Waals surface area contributed by atoms with Crippen LogP contribution >= 0.6 is 11.6 Å². The molecule has 1 aliphatic heterocycles. The number of nitro benzene ring substituents is 1. The maximum Gasteiger partial charge on any atom is 0.293 e. The predicted octanol–water partition coefficient (Wildman–Crippen LogP) is 3.48. The molecular weight excluding hydrogens is 268 g/mol. The summed E-state index contributed by atoms with van der Waals surface area (Å²) >= 11 is 5.78. The Bertz CT molecular complexity index is 467. The van der Waals surface area contributed by atoms with Crippen molar-refractivity contribution in [3.8, 4) is 0 Å². The molecule has 2 atom stereocenters. The van der Waals surface area contributed by atoms with Crippen LogP contribution < -0.4 is 5.32 Å².